The maximum Gasteiger partial charge on any atom is 0.186 e. The molecule has 0 radical (unpaired) electrons. The largest absolute Gasteiger partial charge is 0.370 e. The second kappa shape index (κ2) is 8.30. The quantitative estimate of drug-likeness (QED) is 0.482. The SMILES string of the molecule is CCN(C)Cc1cccc(CN=C(N)N)c1.I. The van der Waals surface area contributed by atoms with Gasteiger partial charge in [-0.25, -0.2) is 4.99 Å². The normalized spacial score (nSPS) is 9.82. The lowest BCUT2D eigenvalue weighted by atomic mass is 10.1. The maximum atomic E-state index is 5.30. The first-order chi connectivity index (χ1) is 7.61. The third kappa shape index (κ3) is 6.48. The van der Waals surface area contributed by atoms with E-state index in [1.165, 1.54) is 5.56 Å². The van der Waals surface area contributed by atoms with Gasteiger partial charge in [0.15, 0.2) is 5.96 Å². The predicted molar refractivity (Wildman–Crippen MR) is 83.4 cm³/mol. The number of nitrogens with two attached hydrogens (primary N) is 2. The zero-order valence-electron chi connectivity index (χ0n) is 10.4. The average Bonchev–Trinajstić information content (AvgIpc) is 2.26. The van der Waals surface area contributed by atoms with Crippen LogP contribution in [-0.2, 0) is 13.1 Å². The summed E-state index contributed by atoms with van der Waals surface area (Å²) in [6.45, 7) is 4.68. The minimum atomic E-state index is 0. The van der Waals surface area contributed by atoms with Crippen molar-refractivity contribution in [2.24, 2.45) is 16.5 Å². The molecule has 0 aromatic heterocycles. The molecule has 0 atom stereocenters. The molecule has 1 aromatic rings. The summed E-state index contributed by atoms with van der Waals surface area (Å²) in [5.41, 5.74) is 13.0. The molecule has 5 heteroatoms. The monoisotopic (exact) mass is 348 g/mol. The van der Waals surface area contributed by atoms with Crippen molar-refractivity contribution >= 4 is 29.9 Å². The Balaban J connectivity index is 0.00000256. The number of aliphatic imine (C=N–C) groups is 1. The Kier molecular flexibility index (Phi) is 7.90. The van der Waals surface area contributed by atoms with Crippen molar-refractivity contribution in [2.45, 2.75) is 20.0 Å². The van der Waals surface area contributed by atoms with Gasteiger partial charge in [0.1, 0.15) is 0 Å². The second-order valence-electron chi connectivity index (χ2n) is 3.89. The third-order valence-electron chi connectivity index (χ3n) is 2.43. The van der Waals surface area contributed by atoms with Crippen molar-refractivity contribution in [3.05, 3.63) is 35.4 Å². The van der Waals surface area contributed by atoms with E-state index in [0.717, 1.165) is 18.7 Å². The molecule has 1 aromatic carbocycles. The number of rotatable bonds is 5. The molecule has 0 unspecified atom stereocenters. The Hall–Kier alpha value is -0.820. The van der Waals surface area contributed by atoms with E-state index in [9.17, 15) is 0 Å². The van der Waals surface area contributed by atoms with E-state index in [1.807, 2.05) is 12.1 Å². The molecule has 0 aliphatic carbocycles. The van der Waals surface area contributed by atoms with Crippen molar-refractivity contribution in [1.82, 2.24) is 4.90 Å². The summed E-state index contributed by atoms with van der Waals surface area (Å²) in [6.07, 6.45) is 0. The van der Waals surface area contributed by atoms with Gasteiger partial charge in [0, 0.05) is 6.54 Å². The van der Waals surface area contributed by atoms with Crippen molar-refractivity contribution in [2.75, 3.05) is 13.6 Å². The van der Waals surface area contributed by atoms with Gasteiger partial charge in [0.2, 0.25) is 0 Å². The number of guanidine groups is 1. The molecule has 4 nitrogen and oxygen atoms in total. The summed E-state index contributed by atoms with van der Waals surface area (Å²) >= 11 is 0. The molecule has 0 bridgehead atoms. The molecule has 17 heavy (non-hydrogen) atoms. The van der Waals surface area contributed by atoms with Gasteiger partial charge in [-0.3, -0.25) is 0 Å². The van der Waals surface area contributed by atoms with Crippen LogP contribution in [0.2, 0.25) is 0 Å². The van der Waals surface area contributed by atoms with Gasteiger partial charge in [0.25, 0.3) is 0 Å². The summed E-state index contributed by atoms with van der Waals surface area (Å²) in [5, 5.41) is 0. The van der Waals surface area contributed by atoms with Crippen LogP contribution in [0, 0.1) is 0 Å². The highest BCUT2D eigenvalue weighted by Gasteiger charge is 1.99. The first kappa shape index (κ1) is 16.2. The van der Waals surface area contributed by atoms with Crippen LogP contribution in [0.1, 0.15) is 18.1 Å². The van der Waals surface area contributed by atoms with Gasteiger partial charge >= 0.3 is 0 Å². The van der Waals surface area contributed by atoms with Crippen LogP contribution >= 0.6 is 24.0 Å². The minimum absolute atomic E-state index is 0. The lowest BCUT2D eigenvalue weighted by Gasteiger charge is -2.14. The van der Waals surface area contributed by atoms with Gasteiger partial charge in [0.05, 0.1) is 6.54 Å². The summed E-state index contributed by atoms with van der Waals surface area (Å²) in [7, 11) is 2.10. The number of hydrogen-bond donors (Lipinski definition) is 2. The molecule has 4 N–H and O–H groups in total. The first-order valence-corrected chi connectivity index (χ1v) is 5.43. The molecule has 0 amide bonds. The van der Waals surface area contributed by atoms with E-state index >= 15 is 0 Å². The fourth-order valence-electron chi connectivity index (χ4n) is 1.43. The summed E-state index contributed by atoms with van der Waals surface area (Å²) in [4.78, 5) is 6.24. The van der Waals surface area contributed by atoms with E-state index in [-0.39, 0.29) is 29.9 Å². The lowest BCUT2D eigenvalue weighted by molar-refractivity contribution is 0.345. The zero-order chi connectivity index (χ0) is 12.0. The molecule has 0 fully saturated rings. The number of nitrogens with zero attached hydrogens (tertiary/aromatic N) is 2. The van der Waals surface area contributed by atoms with Crippen LogP contribution in [0.15, 0.2) is 29.3 Å². The van der Waals surface area contributed by atoms with Gasteiger partial charge in [-0.15, -0.1) is 24.0 Å². The van der Waals surface area contributed by atoms with E-state index < -0.39 is 0 Å². The number of hydrogen-bond acceptors (Lipinski definition) is 2. The van der Waals surface area contributed by atoms with Crippen LogP contribution in [0.3, 0.4) is 0 Å². The topological polar surface area (TPSA) is 67.6 Å². The second-order valence-corrected chi connectivity index (χ2v) is 3.89. The zero-order valence-corrected chi connectivity index (χ0v) is 12.7. The summed E-state index contributed by atoms with van der Waals surface area (Å²) in [6, 6.07) is 8.32. The molecule has 1 rings (SSSR count). The van der Waals surface area contributed by atoms with Gasteiger partial charge in [-0.2, -0.15) is 0 Å². The van der Waals surface area contributed by atoms with E-state index in [1.54, 1.807) is 0 Å². The summed E-state index contributed by atoms with van der Waals surface area (Å²) in [5.74, 6) is 0.135. The third-order valence-corrected chi connectivity index (χ3v) is 2.43. The lowest BCUT2D eigenvalue weighted by Crippen LogP contribution is -2.22. The Labute approximate surface area is 120 Å². The van der Waals surface area contributed by atoms with Crippen molar-refractivity contribution in [3.63, 3.8) is 0 Å². The van der Waals surface area contributed by atoms with Crippen LogP contribution in [0.25, 0.3) is 0 Å². The Morgan fingerprint density at radius 1 is 1.29 bits per heavy atom. The molecular weight excluding hydrogens is 327 g/mol. The Morgan fingerprint density at radius 3 is 2.53 bits per heavy atom. The predicted octanol–water partition coefficient (Wildman–Crippen LogP) is 1.53. The van der Waals surface area contributed by atoms with E-state index in [2.05, 4.69) is 36.0 Å². The molecule has 0 spiro atoms. The van der Waals surface area contributed by atoms with Crippen LogP contribution < -0.4 is 11.5 Å². The van der Waals surface area contributed by atoms with Crippen LogP contribution in [0.5, 0.6) is 0 Å². The fraction of sp³-hybridized carbons (Fsp3) is 0.417. The number of halogens is 1. The van der Waals surface area contributed by atoms with Gasteiger partial charge < -0.3 is 16.4 Å². The molecular formula is C12H21IN4. The van der Waals surface area contributed by atoms with Crippen molar-refractivity contribution < 1.29 is 0 Å². The maximum absolute atomic E-state index is 5.30. The smallest absolute Gasteiger partial charge is 0.186 e. The highest BCUT2D eigenvalue weighted by Crippen LogP contribution is 2.08. The average molecular weight is 348 g/mol. The van der Waals surface area contributed by atoms with Crippen molar-refractivity contribution in [1.29, 1.82) is 0 Å². The molecule has 0 aliphatic rings. The van der Waals surface area contributed by atoms with Gasteiger partial charge in [-0.1, -0.05) is 31.2 Å². The standard InChI is InChI=1S/C12H20N4.HI/c1-3-16(2)9-11-6-4-5-10(7-11)8-15-12(13)14;/h4-7H,3,8-9H2,1-2H3,(H4,13,14,15);1H. The molecule has 0 saturated heterocycles. The van der Waals surface area contributed by atoms with Crippen LogP contribution in [-0.4, -0.2) is 24.5 Å². The van der Waals surface area contributed by atoms with Crippen molar-refractivity contribution in [3.8, 4) is 0 Å². The molecule has 96 valence electrons. The summed E-state index contributed by atoms with van der Waals surface area (Å²) < 4.78 is 0. The van der Waals surface area contributed by atoms with Gasteiger partial charge in [-0.05, 0) is 24.7 Å². The Bertz CT molecular complexity index is 361. The van der Waals surface area contributed by atoms with E-state index in [0.29, 0.717) is 6.54 Å². The molecule has 0 aliphatic heterocycles. The fourth-order valence-corrected chi connectivity index (χ4v) is 1.43. The first-order valence-electron chi connectivity index (χ1n) is 5.43. The highest BCUT2D eigenvalue weighted by atomic mass is 127. The van der Waals surface area contributed by atoms with Crippen LogP contribution in [0.4, 0.5) is 0 Å². The molecule has 0 saturated carbocycles. The molecule has 0 heterocycles. The highest BCUT2D eigenvalue weighted by molar-refractivity contribution is 14.0. The number of benzene rings is 1. The van der Waals surface area contributed by atoms with E-state index in [4.69, 9.17) is 11.5 Å². The Morgan fingerprint density at radius 2 is 1.94 bits per heavy atom. The minimum Gasteiger partial charge on any atom is -0.370 e.